The summed E-state index contributed by atoms with van der Waals surface area (Å²) in [6.45, 7) is 2.53. The van der Waals surface area contributed by atoms with Crippen molar-refractivity contribution < 1.29 is 18.7 Å². The maximum absolute atomic E-state index is 12.7. The molecule has 0 amide bonds. The number of ether oxygens (including phenoxy) is 2. The standard InChI is InChI=1S/C24H20O4/c1-2-26-24(25)22-20-15-19(27-16-17-9-5-3-6-10-17)13-14-21(20)28-23(22)18-11-7-4-8-12-18/h3-15H,2,16H2,1H3. The molecule has 140 valence electrons. The fourth-order valence-corrected chi connectivity index (χ4v) is 3.11. The van der Waals surface area contributed by atoms with Crippen molar-refractivity contribution in [2.75, 3.05) is 6.61 Å². The third-order valence-electron chi connectivity index (χ3n) is 4.42. The maximum atomic E-state index is 12.7. The molecule has 0 aliphatic carbocycles. The van der Waals surface area contributed by atoms with Gasteiger partial charge in [0.2, 0.25) is 0 Å². The van der Waals surface area contributed by atoms with Gasteiger partial charge in [0.25, 0.3) is 0 Å². The van der Waals surface area contributed by atoms with Gasteiger partial charge in [0, 0.05) is 10.9 Å². The summed E-state index contributed by atoms with van der Waals surface area (Å²) >= 11 is 0. The van der Waals surface area contributed by atoms with Gasteiger partial charge in [-0.05, 0) is 30.7 Å². The molecule has 0 aliphatic rings. The average molecular weight is 372 g/mol. The van der Waals surface area contributed by atoms with Crippen LogP contribution in [0.3, 0.4) is 0 Å². The van der Waals surface area contributed by atoms with Crippen LogP contribution in [0, 0.1) is 0 Å². The molecule has 0 spiro atoms. The zero-order valence-electron chi connectivity index (χ0n) is 15.6. The molecular formula is C24H20O4. The Morgan fingerprint density at radius 3 is 2.36 bits per heavy atom. The fourth-order valence-electron chi connectivity index (χ4n) is 3.11. The summed E-state index contributed by atoms with van der Waals surface area (Å²) in [6, 6.07) is 25.0. The third-order valence-corrected chi connectivity index (χ3v) is 4.42. The van der Waals surface area contributed by atoms with Crippen molar-refractivity contribution in [3.63, 3.8) is 0 Å². The minimum absolute atomic E-state index is 0.296. The Hall–Kier alpha value is -3.53. The average Bonchev–Trinajstić information content (AvgIpc) is 3.13. The van der Waals surface area contributed by atoms with Crippen LogP contribution in [0.25, 0.3) is 22.3 Å². The molecule has 0 bridgehead atoms. The Kier molecular flexibility index (Phi) is 5.11. The molecule has 1 heterocycles. The number of carbonyl (C=O) groups is 1. The van der Waals surface area contributed by atoms with E-state index in [0.29, 0.717) is 41.3 Å². The number of rotatable bonds is 6. The van der Waals surface area contributed by atoms with Crippen LogP contribution in [0.2, 0.25) is 0 Å². The zero-order valence-corrected chi connectivity index (χ0v) is 15.6. The van der Waals surface area contributed by atoms with Crippen LogP contribution in [0.4, 0.5) is 0 Å². The van der Waals surface area contributed by atoms with Gasteiger partial charge in [-0.2, -0.15) is 0 Å². The lowest BCUT2D eigenvalue weighted by atomic mass is 10.1. The number of benzene rings is 3. The highest BCUT2D eigenvalue weighted by Gasteiger charge is 2.23. The predicted octanol–water partition coefficient (Wildman–Crippen LogP) is 5.86. The zero-order chi connectivity index (χ0) is 19.3. The van der Waals surface area contributed by atoms with Crippen molar-refractivity contribution >= 4 is 16.9 Å². The van der Waals surface area contributed by atoms with Gasteiger partial charge in [-0.25, -0.2) is 4.79 Å². The quantitative estimate of drug-likeness (QED) is 0.398. The maximum Gasteiger partial charge on any atom is 0.342 e. The highest BCUT2D eigenvalue weighted by molar-refractivity contribution is 6.09. The molecule has 28 heavy (non-hydrogen) atoms. The highest BCUT2D eigenvalue weighted by Crippen LogP contribution is 2.36. The second-order valence-electron chi connectivity index (χ2n) is 6.32. The van der Waals surface area contributed by atoms with Gasteiger partial charge in [0.1, 0.15) is 29.3 Å². The molecule has 0 aliphatic heterocycles. The molecule has 0 saturated heterocycles. The van der Waals surface area contributed by atoms with Gasteiger partial charge in [0.05, 0.1) is 6.61 Å². The van der Waals surface area contributed by atoms with E-state index in [1.54, 1.807) is 6.92 Å². The van der Waals surface area contributed by atoms with E-state index in [1.165, 1.54) is 0 Å². The van der Waals surface area contributed by atoms with Crippen molar-refractivity contribution in [3.05, 3.63) is 90.0 Å². The first-order valence-corrected chi connectivity index (χ1v) is 9.22. The lowest BCUT2D eigenvalue weighted by molar-refractivity contribution is 0.0529. The van der Waals surface area contributed by atoms with Crippen LogP contribution < -0.4 is 4.74 Å². The van der Waals surface area contributed by atoms with E-state index in [-0.39, 0.29) is 0 Å². The summed E-state index contributed by atoms with van der Waals surface area (Å²) < 4.78 is 17.2. The van der Waals surface area contributed by atoms with E-state index in [1.807, 2.05) is 78.9 Å². The monoisotopic (exact) mass is 372 g/mol. The second-order valence-corrected chi connectivity index (χ2v) is 6.32. The fraction of sp³-hybridized carbons (Fsp3) is 0.125. The molecule has 0 radical (unpaired) electrons. The topological polar surface area (TPSA) is 48.7 Å². The Balaban J connectivity index is 1.74. The molecule has 3 aromatic carbocycles. The number of hydrogen-bond acceptors (Lipinski definition) is 4. The summed E-state index contributed by atoms with van der Waals surface area (Å²) in [5, 5.41) is 0.683. The minimum atomic E-state index is -0.402. The second kappa shape index (κ2) is 8.01. The van der Waals surface area contributed by atoms with E-state index in [0.717, 1.165) is 11.1 Å². The Morgan fingerprint density at radius 1 is 0.929 bits per heavy atom. The lowest BCUT2D eigenvalue weighted by Crippen LogP contribution is -2.05. The molecule has 1 aromatic heterocycles. The molecular weight excluding hydrogens is 352 g/mol. The first-order chi connectivity index (χ1) is 13.8. The lowest BCUT2D eigenvalue weighted by Gasteiger charge is -2.07. The summed E-state index contributed by atoms with van der Waals surface area (Å²) in [5.41, 5.74) is 2.95. The van der Waals surface area contributed by atoms with Gasteiger partial charge in [-0.15, -0.1) is 0 Å². The number of carbonyl (C=O) groups excluding carboxylic acids is 1. The predicted molar refractivity (Wildman–Crippen MR) is 108 cm³/mol. The molecule has 0 saturated carbocycles. The highest BCUT2D eigenvalue weighted by atomic mass is 16.5. The molecule has 0 atom stereocenters. The number of esters is 1. The number of furan rings is 1. The van der Waals surface area contributed by atoms with E-state index in [2.05, 4.69) is 0 Å². The molecule has 4 nitrogen and oxygen atoms in total. The summed E-state index contributed by atoms with van der Waals surface area (Å²) in [4.78, 5) is 12.7. The summed E-state index contributed by atoms with van der Waals surface area (Å²) in [7, 11) is 0. The smallest absolute Gasteiger partial charge is 0.342 e. The third kappa shape index (κ3) is 3.62. The van der Waals surface area contributed by atoms with Crippen LogP contribution in [0.1, 0.15) is 22.8 Å². The molecule has 4 heteroatoms. The summed E-state index contributed by atoms with van der Waals surface area (Å²) in [5.74, 6) is 0.775. The van der Waals surface area contributed by atoms with Crippen LogP contribution in [-0.2, 0) is 11.3 Å². The van der Waals surface area contributed by atoms with Crippen molar-refractivity contribution in [2.24, 2.45) is 0 Å². The van der Waals surface area contributed by atoms with Crippen LogP contribution >= 0.6 is 0 Å². The van der Waals surface area contributed by atoms with Gasteiger partial charge >= 0.3 is 5.97 Å². The molecule has 0 fully saturated rings. The van der Waals surface area contributed by atoms with Gasteiger partial charge in [-0.3, -0.25) is 0 Å². The van der Waals surface area contributed by atoms with Gasteiger partial charge < -0.3 is 13.9 Å². The van der Waals surface area contributed by atoms with Gasteiger partial charge in [0.15, 0.2) is 0 Å². The van der Waals surface area contributed by atoms with Crippen LogP contribution in [0.5, 0.6) is 5.75 Å². The summed E-state index contributed by atoms with van der Waals surface area (Å²) in [6.07, 6.45) is 0. The Labute approximate surface area is 163 Å². The van der Waals surface area contributed by atoms with E-state index >= 15 is 0 Å². The SMILES string of the molecule is CCOC(=O)c1c(-c2ccccc2)oc2ccc(OCc3ccccc3)cc12. The Morgan fingerprint density at radius 2 is 1.64 bits per heavy atom. The minimum Gasteiger partial charge on any atom is -0.489 e. The van der Waals surface area contributed by atoms with Crippen molar-refractivity contribution in [2.45, 2.75) is 13.5 Å². The van der Waals surface area contributed by atoms with Crippen LogP contribution in [-0.4, -0.2) is 12.6 Å². The van der Waals surface area contributed by atoms with Gasteiger partial charge in [-0.1, -0.05) is 60.7 Å². The number of fused-ring (bicyclic) bond motifs is 1. The van der Waals surface area contributed by atoms with Crippen molar-refractivity contribution in [1.82, 2.24) is 0 Å². The van der Waals surface area contributed by atoms with Crippen LogP contribution in [0.15, 0.2) is 83.3 Å². The molecule has 4 rings (SSSR count). The van der Waals surface area contributed by atoms with Crippen molar-refractivity contribution in [3.8, 4) is 17.1 Å². The first kappa shape index (κ1) is 17.9. The molecule has 0 N–H and O–H groups in total. The molecule has 0 unspecified atom stereocenters. The first-order valence-electron chi connectivity index (χ1n) is 9.22. The van der Waals surface area contributed by atoms with Crippen molar-refractivity contribution in [1.29, 1.82) is 0 Å². The normalized spacial score (nSPS) is 10.8. The largest absolute Gasteiger partial charge is 0.489 e. The van der Waals surface area contributed by atoms with E-state index in [4.69, 9.17) is 13.9 Å². The van der Waals surface area contributed by atoms with E-state index < -0.39 is 5.97 Å². The Bertz CT molecular complexity index is 1080. The number of hydrogen-bond donors (Lipinski definition) is 0. The van der Waals surface area contributed by atoms with E-state index in [9.17, 15) is 4.79 Å². The molecule has 4 aromatic rings.